The minimum Gasteiger partial charge on any atom is -0.409 e. The average Bonchev–Trinajstić information content (AvgIpc) is 2.17. The minimum atomic E-state index is -1.40. The van der Waals surface area contributed by atoms with Crippen LogP contribution < -0.4 is 0 Å². The first-order valence-electron chi connectivity index (χ1n) is 4.03. The fraction of sp³-hybridized carbons (Fsp3) is 0.500. The zero-order valence-electron chi connectivity index (χ0n) is 7.85. The van der Waals surface area contributed by atoms with E-state index in [1.807, 2.05) is 0 Å². The smallest absolute Gasteiger partial charge is 0.205 e. The summed E-state index contributed by atoms with van der Waals surface area (Å²) in [7, 11) is 0. The molecule has 4 nitrogen and oxygen atoms in total. The van der Waals surface area contributed by atoms with Crippen LogP contribution in [0.2, 0.25) is 0 Å². The Labute approximate surface area is 89.3 Å². The topological polar surface area (TPSA) is 52.6 Å². The van der Waals surface area contributed by atoms with E-state index in [0.717, 1.165) is 6.26 Å². The number of hydrogen-bond donors (Lipinski definition) is 0. The quantitative estimate of drug-likeness (QED) is 0.450. The van der Waals surface area contributed by atoms with E-state index in [1.165, 1.54) is 5.41 Å². The molecule has 2 unspecified atom stereocenters. The Hall–Kier alpha value is -0.460. The van der Waals surface area contributed by atoms with Crippen molar-refractivity contribution in [2.45, 2.75) is 12.8 Å². The van der Waals surface area contributed by atoms with Crippen LogP contribution in [0.3, 0.4) is 0 Å². The van der Waals surface area contributed by atoms with E-state index in [0.29, 0.717) is 25.2 Å². The van der Waals surface area contributed by atoms with Crippen molar-refractivity contribution in [2.24, 2.45) is 0 Å². The Morgan fingerprint density at radius 3 is 2.50 bits per heavy atom. The van der Waals surface area contributed by atoms with Crippen molar-refractivity contribution in [1.29, 1.82) is 0 Å². The molecule has 14 heavy (non-hydrogen) atoms. The second kappa shape index (κ2) is 9.11. The SMILES string of the molecule is C=COS(=O)CCCCOS(=O)C=C. The standard InChI is InChI=1S/C8H14O4S2/c1-3-11-14(10)8-6-5-7-12-13(9)4-2/h3-4H,1-2,5-8H2. The lowest BCUT2D eigenvalue weighted by Gasteiger charge is -2.00. The van der Waals surface area contributed by atoms with Gasteiger partial charge in [0.05, 0.1) is 18.6 Å². The van der Waals surface area contributed by atoms with E-state index in [4.69, 9.17) is 4.18 Å². The summed E-state index contributed by atoms with van der Waals surface area (Å²) in [6.07, 6.45) is 2.53. The number of rotatable bonds is 9. The van der Waals surface area contributed by atoms with Gasteiger partial charge in [0.1, 0.15) is 0 Å². The van der Waals surface area contributed by atoms with Gasteiger partial charge in [-0.15, -0.1) is 0 Å². The molecule has 6 heteroatoms. The lowest BCUT2D eigenvalue weighted by molar-refractivity contribution is 0.342. The molecular weight excluding hydrogens is 224 g/mol. The Morgan fingerprint density at radius 2 is 1.93 bits per heavy atom. The zero-order chi connectivity index (χ0) is 10.8. The first kappa shape index (κ1) is 13.5. The molecule has 0 aliphatic rings. The predicted octanol–water partition coefficient (Wildman–Crippen LogP) is 1.41. The van der Waals surface area contributed by atoms with E-state index >= 15 is 0 Å². The third-order valence-corrected chi connectivity index (χ3v) is 2.86. The highest BCUT2D eigenvalue weighted by molar-refractivity contribution is 7.83. The van der Waals surface area contributed by atoms with Crippen LogP contribution in [0.15, 0.2) is 24.8 Å². The third-order valence-electron chi connectivity index (χ3n) is 1.22. The van der Waals surface area contributed by atoms with Crippen LogP contribution in [0.25, 0.3) is 0 Å². The fourth-order valence-electron chi connectivity index (χ4n) is 0.635. The molecule has 0 amide bonds. The normalized spacial score (nSPS) is 14.3. The van der Waals surface area contributed by atoms with Crippen LogP contribution in [0, 0.1) is 0 Å². The predicted molar refractivity (Wildman–Crippen MR) is 57.8 cm³/mol. The Morgan fingerprint density at radius 1 is 1.21 bits per heavy atom. The summed E-state index contributed by atoms with van der Waals surface area (Å²) >= 11 is -2.71. The molecule has 0 bridgehead atoms. The zero-order valence-corrected chi connectivity index (χ0v) is 9.48. The highest BCUT2D eigenvalue weighted by atomic mass is 32.2. The van der Waals surface area contributed by atoms with Gasteiger partial charge in [0.2, 0.25) is 11.1 Å². The molecule has 0 N–H and O–H groups in total. The van der Waals surface area contributed by atoms with E-state index in [-0.39, 0.29) is 0 Å². The Kier molecular flexibility index (Phi) is 8.81. The van der Waals surface area contributed by atoms with Gasteiger partial charge in [0, 0.05) is 5.41 Å². The molecule has 82 valence electrons. The van der Waals surface area contributed by atoms with Gasteiger partial charge in [-0.1, -0.05) is 13.2 Å². The van der Waals surface area contributed by atoms with Crippen molar-refractivity contribution < 1.29 is 16.8 Å². The van der Waals surface area contributed by atoms with Gasteiger partial charge >= 0.3 is 0 Å². The summed E-state index contributed by atoms with van der Waals surface area (Å²) in [5.74, 6) is 0.427. The van der Waals surface area contributed by atoms with Crippen molar-refractivity contribution in [1.82, 2.24) is 0 Å². The molecular formula is C8H14O4S2. The van der Waals surface area contributed by atoms with Crippen molar-refractivity contribution in [2.75, 3.05) is 12.4 Å². The Balaban J connectivity index is 3.29. The molecule has 0 aromatic heterocycles. The molecule has 0 spiro atoms. The largest absolute Gasteiger partial charge is 0.409 e. The lowest BCUT2D eigenvalue weighted by Crippen LogP contribution is -2.01. The van der Waals surface area contributed by atoms with Gasteiger partial charge in [0.25, 0.3) is 0 Å². The fourth-order valence-corrected chi connectivity index (χ4v) is 1.70. The molecule has 0 saturated heterocycles. The second-order valence-corrected chi connectivity index (χ2v) is 4.53. The summed E-state index contributed by atoms with van der Waals surface area (Å²) < 4.78 is 31.0. The third kappa shape index (κ3) is 8.15. The van der Waals surface area contributed by atoms with Gasteiger partial charge in [0.15, 0.2) is 11.1 Å². The van der Waals surface area contributed by atoms with Gasteiger partial charge in [-0.25, -0.2) is 8.42 Å². The first-order valence-corrected chi connectivity index (χ1v) is 6.41. The van der Waals surface area contributed by atoms with E-state index < -0.39 is 22.2 Å². The maximum atomic E-state index is 10.9. The Bertz CT molecular complexity index is 227. The van der Waals surface area contributed by atoms with Crippen LogP contribution in [-0.4, -0.2) is 20.8 Å². The minimum absolute atomic E-state index is 0.365. The van der Waals surface area contributed by atoms with Crippen LogP contribution in [0.5, 0.6) is 0 Å². The lowest BCUT2D eigenvalue weighted by atomic mass is 10.4. The van der Waals surface area contributed by atoms with Crippen molar-refractivity contribution >= 4 is 22.2 Å². The number of unbranched alkanes of at least 4 members (excludes halogenated alkanes) is 1. The highest BCUT2D eigenvalue weighted by Gasteiger charge is 1.99. The number of hydrogen-bond acceptors (Lipinski definition) is 4. The molecule has 0 heterocycles. The second-order valence-electron chi connectivity index (χ2n) is 2.23. The first-order chi connectivity index (χ1) is 6.70. The highest BCUT2D eigenvalue weighted by Crippen LogP contribution is 1.97. The monoisotopic (exact) mass is 238 g/mol. The average molecular weight is 238 g/mol. The molecule has 0 rings (SSSR count). The van der Waals surface area contributed by atoms with Gasteiger partial charge in [-0.05, 0) is 12.8 Å². The summed E-state index contributed by atoms with van der Waals surface area (Å²) in [6, 6.07) is 0. The van der Waals surface area contributed by atoms with Gasteiger partial charge in [-0.3, -0.25) is 4.18 Å². The van der Waals surface area contributed by atoms with Crippen LogP contribution in [0.1, 0.15) is 12.8 Å². The summed E-state index contributed by atoms with van der Waals surface area (Å²) in [6.45, 7) is 6.96. The van der Waals surface area contributed by atoms with Crippen molar-refractivity contribution in [3.05, 3.63) is 24.8 Å². The molecule has 0 aromatic carbocycles. The van der Waals surface area contributed by atoms with Crippen LogP contribution in [-0.2, 0) is 30.5 Å². The molecule has 0 aliphatic carbocycles. The molecule has 0 aromatic rings. The van der Waals surface area contributed by atoms with Crippen LogP contribution >= 0.6 is 0 Å². The maximum Gasteiger partial charge on any atom is 0.205 e. The molecule has 0 aliphatic heterocycles. The van der Waals surface area contributed by atoms with Crippen LogP contribution in [0.4, 0.5) is 0 Å². The molecule has 0 saturated carbocycles. The molecule has 0 fully saturated rings. The maximum absolute atomic E-state index is 10.9. The van der Waals surface area contributed by atoms with Gasteiger partial charge < -0.3 is 4.18 Å². The van der Waals surface area contributed by atoms with Crippen molar-refractivity contribution in [3.63, 3.8) is 0 Å². The van der Waals surface area contributed by atoms with Crippen molar-refractivity contribution in [3.8, 4) is 0 Å². The summed E-state index contributed by atoms with van der Waals surface area (Å²) in [4.78, 5) is 0. The molecule has 0 radical (unpaired) electrons. The van der Waals surface area contributed by atoms with Gasteiger partial charge in [-0.2, -0.15) is 0 Å². The summed E-state index contributed by atoms with van der Waals surface area (Å²) in [5, 5.41) is 1.22. The van der Waals surface area contributed by atoms with E-state index in [9.17, 15) is 8.42 Å². The van der Waals surface area contributed by atoms with E-state index in [1.54, 1.807) is 0 Å². The molecule has 2 atom stereocenters. The summed E-state index contributed by atoms with van der Waals surface area (Å²) in [5.41, 5.74) is 0. The van der Waals surface area contributed by atoms with E-state index in [2.05, 4.69) is 17.3 Å².